The highest BCUT2D eigenvalue weighted by atomic mass is 28.4. The predicted molar refractivity (Wildman–Crippen MR) is 164 cm³/mol. The van der Waals surface area contributed by atoms with Crippen LogP contribution in [-0.4, -0.2) is 66.9 Å². The molecule has 0 radical (unpaired) electrons. The second kappa shape index (κ2) is 13.9. The van der Waals surface area contributed by atoms with Crippen molar-refractivity contribution in [2.75, 3.05) is 0 Å². The fourth-order valence-corrected chi connectivity index (χ4v) is 10.3. The van der Waals surface area contributed by atoms with Gasteiger partial charge in [-0.25, -0.2) is 0 Å². The smallest absolute Gasteiger partial charge is 0.308 e. The summed E-state index contributed by atoms with van der Waals surface area (Å²) in [5, 5.41) is 23.6. The molecule has 2 aromatic carbocycles. The van der Waals surface area contributed by atoms with Crippen LogP contribution in [0.2, 0.25) is 5.04 Å². The molecular weight excluding hydrogens is 536 g/mol. The van der Waals surface area contributed by atoms with E-state index >= 15 is 0 Å². The zero-order valence-electron chi connectivity index (χ0n) is 26.0. The van der Waals surface area contributed by atoms with Crippen LogP contribution in [0.4, 0.5) is 0 Å². The SMILES string of the molecule is C[C@H](CCC(O)CC(=O)OC(C)(C)C)OC1O[C@@H](C)[C@H](O[Si](c2ccccc2)(c2ccccc2)C(C)(C)C)C[C@H]1O. The van der Waals surface area contributed by atoms with Crippen LogP contribution in [0, 0.1) is 0 Å². The van der Waals surface area contributed by atoms with Crippen molar-refractivity contribution < 1.29 is 33.6 Å². The van der Waals surface area contributed by atoms with E-state index in [4.69, 9.17) is 18.6 Å². The van der Waals surface area contributed by atoms with E-state index < -0.39 is 38.4 Å². The first kappa shape index (κ1) is 33.4. The number of aliphatic hydroxyl groups excluding tert-OH is 2. The minimum atomic E-state index is -2.81. The van der Waals surface area contributed by atoms with Crippen molar-refractivity contribution in [3.05, 3.63) is 60.7 Å². The molecule has 0 aliphatic carbocycles. The lowest BCUT2D eigenvalue weighted by atomic mass is 10.0. The Kier molecular flexibility index (Phi) is 11.4. The predicted octanol–water partition coefficient (Wildman–Crippen LogP) is 4.71. The average Bonchev–Trinajstić information content (AvgIpc) is 2.87. The second-order valence-corrected chi connectivity index (χ2v) is 17.6. The minimum absolute atomic E-state index is 0.0646. The maximum Gasteiger partial charge on any atom is 0.308 e. The molecule has 41 heavy (non-hydrogen) atoms. The monoisotopic (exact) mass is 586 g/mol. The third-order valence-electron chi connectivity index (χ3n) is 7.50. The van der Waals surface area contributed by atoms with Gasteiger partial charge in [-0.15, -0.1) is 0 Å². The van der Waals surface area contributed by atoms with E-state index in [0.29, 0.717) is 19.3 Å². The van der Waals surface area contributed by atoms with E-state index in [1.165, 1.54) is 10.4 Å². The van der Waals surface area contributed by atoms with Gasteiger partial charge in [0, 0.05) is 6.42 Å². The van der Waals surface area contributed by atoms with Gasteiger partial charge in [0.2, 0.25) is 0 Å². The fraction of sp³-hybridized carbons (Fsp3) is 0.606. The van der Waals surface area contributed by atoms with Gasteiger partial charge in [0.15, 0.2) is 6.29 Å². The van der Waals surface area contributed by atoms with Gasteiger partial charge in [-0.2, -0.15) is 0 Å². The maximum atomic E-state index is 12.0. The van der Waals surface area contributed by atoms with E-state index in [1.54, 1.807) is 20.8 Å². The lowest BCUT2D eigenvalue weighted by Gasteiger charge is -2.48. The van der Waals surface area contributed by atoms with E-state index in [2.05, 4.69) is 69.3 Å². The normalized spacial score (nSPS) is 23.6. The molecule has 2 unspecified atom stereocenters. The lowest BCUT2D eigenvalue weighted by molar-refractivity contribution is -0.271. The van der Waals surface area contributed by atoms with Gasteiger partial charge in [0.25, 0.3) is 8.32 Å². The molecule has 0 amide bonds. The van der Waals surface area contributed by atoms with Crippen LogP contribution < -0.4 is 10.4 Å². The molecule has 1 aliphatic rings. The van der Waals surface area contributed by atoms with Crippen molar-refractivity contribution >= 4 is 24.7 Å². The molecule has 228 valence electrons. The highest BCUT2D eigenvalue weighted by Crippen LogP contribution is 2.39. The van der Waals surface area contributed by atoms with Gasteiger partial charge >= 0.3 is 5.97 Å². The number of hydrogen-bond donors (Lipinski definition) is 2. The molecule has 0 bridgehead atoms. The first-order valence-corrected chi connectivity index (χ1v) is 16.7. The summed E-state index contributed by atoms with van der Waals surface area (Å²) < 4.78 is 24.8. The summed E-state index contributed by atoms with van der Waals surface area (Å²) in [5.74, 6) is -0.426. The van der Waals surface area contributed by atoms with Crippen molar-refractivity contribution in [3.8, 4) is 0 Å². The number of carbonyl (C=O) groups is 1. The van der Waals surface area contributed by atoms with Crippen LogP contribution >= 0.6 is 0 Å². The molecule has 1 aliphatic heterocycles. The molecular formula is C33H50O7Si. The zero-order chi connectivity index (χ0) is 30.4. The molecule has 8 heteroatoms. The average molecular weight is 587 g/mol. The van der Waals surface area contributed by atoms with Crippen molar-refractivity contribution in [2.24, 2.45) is 0 Å². The van der Waals surface area contributed by atoms with E-state index in [-0.39, 0.29) is 29.8 Å². The Labute approximate surface area is 247 Å². The maximum absolute atomic E-state index is 12.0. The number of aliphatic hydroxyl groups is 2. The second-order valence-electron chi connectivity index (χ2n) is 13.3. The number of rotatable bonds is 11. The molecule has 1 saturated heterocycles. The van der Waals surface area contributed by atoms with Gasteiger partial charge < -0.3 is 28.8 Å². The summed E-state index contributed by atoms with van der Waals surface area (Å²) in [6.07, 6.45) is -2.23. The lowest BCUT2D eigenvalue weighted by Crippen LogP contribution is -2.69. The third kappa shape index (κ3) is 8.96. The Bertz CT molecular complexity index is 1040. The first-order valence-electron chi connectivity index (χ1n) is 14.8. The number of carbonyl (C=O) groups excluding carboxylic acids is 1. The van der Waals surface area contributed by atoms with Gasteiger partial charge in [-0.1, -0.05) is 81.4 Å². The minimum Gasteiger partial charge on any atom is -0.460 e. The van der Waals surface area contributed by atoms with Gasteiger partial charge in [0.05, 0.1) is 30.8 Å². The van der Waals surface area contributed by atoms with E-state index in [0.717, 1.165) is 0 Å². The topological polar surface area (TPSA) is 94.5 Å². The largest absolute Gasteiger partial charge is 0.460 e. The van der Waals surface area contributed by atoms with Crippen LogP contribution in [0.25, 0.3) is 0 Å². The Balaban J connectivity index is 1.67. The van der Waals surface area contributed by atoms with Crippen LogP contribution in [0.15, 0.2) is 60.7 Å². The molecule has 3 rings (SSSR count). The summed E-state index contributed by atoms with van der Waals surface area (Å²) in [7, 11) is -2.81. The highest BCUT2D eigenvalue weighted by molar-refractivity contribution is 6.99. The summed E-state index contributed by atoms with van der Waals surface area (Å²) in [4.78, 5) is 12.0. The zero-order valence-corrected chi connectivity index (χ0v) is 27.0. The van der Waals surface area contributed by atoms with Gasteiger partial charge in [-0.3, -0.25) is 4.79 Å². The molecule has 2 N–H and O–H groups in total. The van der Waals surface area contributed by atoms with E-state index in [1.807, 2.05) is 26.0 Å². The Morgan fingerprint density at radius 2 is 1.51 bits per heavy atom. The molecule has 7 nitrogen and oxygen atoms in total. The molecule has 1 fully saturated rings. The first-order chi connectivity index (χ1) is 19.1. The standard InChI is InChI=1S/C33H50O7Si/c1-23(19-20-25(34)21-30(36)39-32(3,4)5)37-31-28(35)22-29(24(2)38-31)40-41(33(6,7)8,26-15-11-9-12-16-26)27-17-13-10-14-18-27/h9-18,23-25,28-29,31,34-35H,19-22H2,1-8H3/t23-,24+,25?,28-,29-,31?/m1/s1. The summed E-state index contributed by atoms with van der Waals surface area (Å²) in [6, 6.07) is 20.9. The van der Waals surface area contributed by atoms with Crippen LogP contribution in [0.5, 0.6) is 0 Å². The summed E-state index contributed by atoms with van der Waals surface area (Å²) >= 11 is 0. The Hall–Kier alpha value is -2.07. The van der Waals surface area contributed by atoms with Crippen molar-refractivity contribution in [3.63, 3.8) is 0 Å². The molecule has 2 aromatic rings. The summed E-state index contributed by atoms with van der Waals surface area (Å²) in [5.41, 5.74) is -0.586. The van der Waals surface area contributed by atoms with Gasteiger partial charge in [0.1, 0.15) is 11.7 Å². The van der Waals surface area contributed by atoms with Crippen LogP contribution in [-0.2, 0) is 23.4 Å². The number of ether oxygens (including phenoxy) is 3. The molecule has 0 spiro atoms. The van der Waals surface area contributed by atoms with Crippen molar-refractivity contribution in [1.82, 2.24) is 0 Å². The Morgan fingerprint density at radius 1 is 0.976 bits per heavy atom. The van der Waals surface area contributed by atoms with Crippen LogP contribution in [0.3, 0.4) is 0 Å². The van der Waals surface area contributed by atoms with E-state index in [9.17, 15) is 15.0 Å². The quantitative estimate of drug-likeness (QED) is 0.291. The number of benzene rings is 2. The highest BCUT2D eigenvalue weighted by Gasteiger charge is 2.53. The molecule has 6 atom stereocenters. The van der Waals surface area contributed by atoms with Crippen molar-refractivity contribution in [2.45, 2.75) is 129 Å². The summed E-state index contributed by atoms with van der Waals surface area (Å²) in [6.45, 7) is 15.9. The molecule has 1 heterocycles. The molecule has 0 aromatic heterocycles. The van der Waals surface area contributed by atoms with Crippen LogP contribution in [0.1, 0.15) is 81.1 Å². The van der Waals surface area contributed by atoms with Gasteiger partial charge in [-0.05, 0) is 62.9 Å². The Morgan fingerprint density at radius 3 is 2.00 bits per heavy atom. The number of hydrogen-bond acceptors (Lipinski definition) is 7. The molecule has 0 saturated carbocycles. The number of esters is 1. The fourth-order valence-electron chi connectivity index (χ4n) is 5.52. The van der Waals surface area contributed by atoms with Crippen molar-refractivity contribution in [1.29, 1.82) is 0 Å². The third-order valence-corrected chi connectivity index (χ3v) is 12.6.